The number of nitrogens with one attached hydrogen (secondary N) is 2. The number of pyridine rings is 1. The summed E-state index contributed by atoms with van der Waals surface area (Å²) >= 11 is 1.08. The van der Waals surface area contributed by atoms with Crippen molar-refractivity contribution in [2.24, 2.45) is 0 Å². The van der Waals surface area contributed by atoms with Crippen molar-refractivity contribution < 1.29 is 13.2 Å². The molecule has 2 aromatic heterocycles. The van der Waals surface area contributed by atoms with Crippen LogP contribution in [0.2, 0.25) is 0 Å². The number of anilines is 1. The molecule has 3 rings (SSSR count). The smallest absolute Gasteiger partial charge is 0.265 e. The number of carbonyl (C=O) groups is 1. The second kappa shape index (κ2) is 7.56. The van der Waals surface area contributed by atoms with Gasteiger partial charge in [0.25, 0.3) is 5.91 Å². The molecule has 0 aliphatic rings. The maximum Gasteiger partial charge on any atom is 0.265 e. The molecule has 0 radical (unpaired) electrons. The predicted octanol–water partition coefficient (Wildman–Crippen LogP) is 2.87. The summed E-state index contributed by atoms with van der Waals surface area (Å²) in [4.78, 5) is 16.5. The fraction of sp³-hybridized carbons (Fsp3) is 0.0588. The zero-order valence-corrected chi connectivity index (χ0v) is 14.7. The lowest BCUT2D eigenvalue weighted by Crippen LogP contribution is -2.22. The highest BCUT2D eigenvalue weighted by atomic mass is 32.2. The zero-order chi connectivity index (χ0) is 17.7. The van der Waals surface area contributed by atoms with Gasteiger partial charge in [0.15, 0.2) is 0 Å². The molecule has 3 aromatic rings. The Morgan fingerprint density at radius 3 is 2.52 bits per heavy atom. The van der Waals surface area contributed by atoms with E-state index in [0.29, 0.717) is 10.6 Å². The van der Waals surface area contributed by atoms with E-state index in [9.17, 15) is 13.2 Å². The number of amides is 1. The number of hydrogen-bond acceptors (Lipinski definition) is 5. The second-order valence-electron chi connectivity index (χ2n) is 5.15. The Bertz CT molecular complexity index is 955. The summed E-state index contributed by atoms with van der Waals surface area (Å²) < 4.78 is 27.2. The van der Waals surface area contributed by atoms with E-state index in [2.05, 4.69) is 15.0 Å². The monoisotopic (exact) mass is 373 g/mol. The molecule has 2 N–H and O–H groups in total. The van der Waals surface area contributed by atoms with Gasteiger partial charge in [-0.2, -0.15) is 0 Å². The maximum atomic E-state index is 12.3. The molecule has 8 heteroatoms. The van der Waals surface area contributed by atoms with Crippen LogP contribution < -0.4 is 10.0 Å². The largest absolute Gasteiger partial charge is 0.321 e. The highest BCUT2D eigenvalue weighted by molar-refractivity contribution is 7.89. The van der Waals surface area contributed by atoms with Crippen molar-refractivity contribution in [1.82, 2.24) is 9.71 Å². The van der Waals surface area contributed by atoms with Crippen LogP contribution in [0.15, 0.2) is 71.2 Å². The standard InChI is InChI=1S/C17H15N3O3S2/c21-17(20-14-4-2-1-3-5-14)16-10-15(12-24-16)25(22,23)19-11-13-6-8-18-9-7-13/h1-10,12,19H,11H2,(H,20,21). The van der Waals surface area contributed by atoms with E-state index < -0.39 is 10.0 Å². The minimum absolute atomic E-state index is 0.0739. The van der Waals surface area contributed by atoms with Crippen LogP contribution in [0, 0.1) is 0 Å². The molecule has 1 amide bonds. The van der Waals surface area contributed by atoms with Crippen LogP contribution in [-0.2, 0) is 16.6 Å². The van der Waals surface area contributed by atoms with E-state index in [4.69, 9.17) is 0 Å². The number of sulfonamides is 1. The van der Waals surface area contributed by atoms with Gasteiger partial charge < -0.3 is 5.32 Å². The molecule has 2 heterocycles. The Labute approximate surface area is 149 Å². The Hall–Kier alpha value is -2.55. The third kappa shape index (κ3) is 4.50. The molecular weight excluding hydrogens is 358 g/mol. The van der Waals surface area contributed by atoms with Crippen LogP contribution >= 0.6 is 11.3 Å². The van der Waals surface area contributed by atoms with Crippen molar-refractivity contribution in [3.8, 4) is 0 Å². The van der Waals surface area contributed by atoms with Gasteiger partial charge in [0, 0.05) is 30.0 Å². The van der Waals surface area contributed by atoms with Crippen molar-refractivity contribution in [3.63, 3.8) is 0 Å². The summed E-state index contributed by atoms with van der Waals surface area (Å²) in [6, 6.07) is 13.8. The first-order chi connectivity index (χ1) is 12.0. The van der Waals surface area contributed by atoms with Gasteiger partial charge >= 0.3 is 0 Å². The van der Waals surface area contributed by atoms with Crippen LogP contribution in [0.4, 0.5) is 5.69 Å². The van der Waals surface area contributed by atoms with Gasteiger partial charge in [-0.1, -0.05) is 18.2 Å². The molecule has 25 heavy (non-hydrogen) atoms. The summed E-state index contributed by atoms with van der Waals surface area (Å²) in [5, 5.41) is 4.18. The quantitative estimate of drug-likeness (QED) is 0.695. The average molecular weight is 373 g/mol. The van der Waals surface area contributed by atoms with E-state index in [1.54, 1.807) is 36.7 Å². The van der Waals surface area contributed by atoms with Crippen LogP contribution in [0.25, 0.3) is 0 Å². The van der Waals surface area contributed by atoms with Gasteiger partial charge in [0.05, 0.1) is 9.77 Å². The topological polar surface area (TPSA) is 88.2 Å². The minimum atomic E-state index is -3.68. The number of benzene rings is 1. The predicted molar refractivity (Wildman–Crippen MR) is 97.0 cm³/mol. The molecule has 0 fully saturated rings. The van der Waals surface area contributed by atoms with Crippen LogP contribution in [0.3, 0.4) is 0 Å². The van der Waals surface area contributed by atoms with Gasteiger partial charge in [-0.25, -0.2) is 13.1 Å². The molecule has 0 spiro atoms. The minimum Gasteiger partial charge on any atom is -0.321 e. The van der Waals surface area contributed by atoms with Gasteiger partial charge in [0.2, 0.25) is 10.0 Å². The molecule has 0 unspecified atom stereocenters. The number of thiophene rings is 1. The summed E-state index contributed by atoms with van der Waals surface area (Å²) in [7, 11) is -3.68. The zero-order valence-electron chi connectivity index (χ0n) is 13.0. The molecule has 0 saturated heterocycles. The van der Waals surface area contributed by atoms with E-state index in [1.807, 2.05) is 18.2 Å². The van der Waals surface area contributed by atoms with Gasteiger partial charge in [0.1, 0.15) is 0 Å². The van der Waals surface area contributed by atoms with E-state index in [0.717, 1.165) is 16.9 Å². The number of nitrogens with zero attached hydrogens (tertiary/aromatic N) is 1. The highest BCUT2D eigenvalue weighted by Crippen LogP contribution is 2.21. The third-order valence-electron chi connectivity index (χ3n) is 3.36. The first kappa shape index (κ1) is 17.3. The number of aromatic nitrogens is 1. The first-order valence-corrected chi connectivity index (χ1v) is 9.74. The second-order valence-corrected chi connectivity index (χ2v) is 7.83. The van der Waals surface area contributed by atoms with E-state index >= 15 is 0 Å². The summed E-state index contributed by atoms with van der Waals surface area (Å²) in [6.07, 6.45) is 3.19. The van der Waals surface area contributed by atoms with Gasteiger partial charge in [-0.3, -0.25) is 9.78 Å². The van der Waals surface area contributed by atoms with Crippen molar-refractivity contribution in [3.05, 3.63) is 76.7 Å². The fourth-order valence-electron chi connectivity index (χ4n) is 2.06. The average Bonchev–Trinajstić information content (AvgIpc) is 3.13. The Morgan fingerprint density at radius 1 is 1.08 bits per heavy atom. The Balaban J connectivity index is 1.68. The summed E-state index contributed by atoms with van der Waals surface area (Å²) in [5.41, 5.74) is 1.46. The normalized spacial score (nSPS) is 11.2. The maximum absolute atomic E-state index is 12.3. The molecule has 6 nitrogen and oxygen atoms in total. The lowest BCUT2D eigenvalue weighted by molar-refractivity contribution is 0.103. The molecular formula is C17H15N3O3S2. The fourth-order valence-corrected chi connectivity index (χ4v) is 4.24. The number of carbonyl (C=O) groups excluding carboxylic acids is 1. The lowest BCUT2D eigenvalue weighted by atomic mass is 10.3. The molecule has 128 valence electrons. The van der Waals surface area contributed by atoms with Crippen molar-refractivity contribution in [2.75, 3.05) is 5.32 Å². The highest BCUT2D eigenvalue weighted by Gasteiger charge is 2.18. The van der Waals surface area contributed by atoms with Crippen LogP contribution in [-0.4, -0.2) is 19.3 Å². The lowest BCUT2D eigenvalue weighted by Gasteiger charge is -2.05. The van der Waals surface area contributed by atoms with Gasteiger partial charge in [-0.05, 0) is 35.9 Å². The SMILES string of the molecule is O=C(Nc1ccccc1)c1cc(S(=O)(=O)NCc2ccncc2)cs1. The molecule has 0 atom stereocenters. The van der Waals surface area contributed by atoms with Crippen LogP contribution in [0.1, 0.15) is 15.2 Å². The van der Waals surface area contributed by atoms with E-state index in [1.165, 1.54) is 11.4 Å². The number of para-hydroxylation sites is 1. The number of rotatable bonds is 6. The summed E-state index contributed by atoms with van der Waals surface area (Å²) in [5.74, 6) is -0.341. The molecule has 0 aliphatic carbocycles. The molecule has 0 aliphatic heterocycles. The molecule has 0 bridgehead atoms. The van der Waals surface area contributed by atoms with Crippen molar-refractivity contribution in [2.45, 2.75) is 11.4 Å². The molecule has 1 aromatic carbocycles. The van der Waals surface area contributed by atoms with E-state index in [-0.39, 0.29) is 17.3 Å². The number of hydrogen-bond donors (Lipinski definition) is 2. The molecule has 0 saturated carbocycles. The third-order valence-corrected chi connectivity index (χ3v) is 5.82. The van der Waals surface area contributed by atoms with Gasteiger partial charge in [-0.15, -0.1) is 11.3 Å². The first-order valence-electron chi connectivity index (χ1n) is 7.38. The van der Waals surface area contributed by atoms with Crippen LogP contribution in [0.5, 0.6) is 0 Å². The Morgan fingerprint density at radius 2 is 1.80 bits per heavy atom. The van der Waals surface area contributed by atoms with Crippen molar-refractivity contribution >= 4 is 33.0 Å². The Kier molecular flexibility index (Phi) is 5.22. The van der Waals surface area contributed by atoms with Crippen molar-refractivity contribution in [1.29, 1.82) is 0 Å². The summed E-state index contributed by atoms with van der Waals surface area (Å²) in [6.45, 7) is 0.159.